The molecule has 104 valence electrons. The maximum Gasteiger partial charge on any atom is 0.317 e. The van der Waals surface area contributed by atoms with Gasteiger partial charge in [0.2, 0.25) is 5.91 Å². The van der Waals surface area contributed by atoms with Crippen molar-refractivity contribution in [1.29, 1.82) is 0 Å². The summed E-state index contributed by atoms with van der Waals surface area (Å²) in [6, 6.07) is -0.382. The number of hydrogen-bond acceptors (Lipinski definition) is 3. The molecule has 0 spiro atoms. The molecule has 0 fully saturated rings. The van der Waals surface area contributed by atoms with Crippen LogP contribution in [0.25, 0.3) is 0 Å². The lowest BCUT2D eigenvalue weighted by molar-refractivity contribution is -0.137. The molecular formula is C11H21N3O4. The molecule has 0 atom stereocenters. The molecule has 0 aliphatic carbocycles. The fourth-order valence-corrected chi connectivity index (χ4v) is 1.18. The van der Waals surface area contributed by atoms with Crippen molar-refractivity contribution in [1.82, 2.24) is 15.5 Å². The van der Waals surface area contributed by atoms with Gasteiger partial charge in [0.15, 0.2) is 0 Å². The van der Waals surface area contributed by atoms with Gasteiger partial charge in [0.1, 0.15) is 6.54 Å². The molecule has 18 heavy (non-hydrogen) atoms. The SMILES string of the molecule is CCCNC(=O)CN(C)C(=O)NCCCC(=O)O. The summed E-state index contributed by atoms with van der Waals surface area (Å²) >= 11 is 0. The molecule has 0 radical (unpaired) electrons. The van der Waals surface area contributed by atoms with Gasteiger partial charge in [-0.3, -0.25) is 9.59 Å². The monoisotopic (exact) mass is 259 g/mol. The van der Waals surface area contributed by atoms with Gasteiger partial charge in [0.05, 0.1) is 0 Å². The van der Waals surface area contributed by atoms with Crippen molar-refractivity contribution in [3.05, 3.63) is 0 Å². The summed E-state index contributed by atoms with van der Waals surface area (Å²) in [4.78, 5) is 34.3. The van der Waals surface area contributed by atoms with E-state index in [9.17, 15) is 14.4 Å². The minimum Gasteiger partial charge on any atom is -0.481 e. The number of rotatable bonds is 8. The number of carboxylic acid groups (broad SMARTS) is 1. The average molecular weight is 259 g/mol. The van der Waals surface area contributed by atoms with E-state index >= 15 is 0 Å². The number of amides is 3. The maximum atomic E-state index is 11.5. The second kappa shape index (κ2) is 9.26. The van der Waals surface area contributed by atoms with Crippen LogP contribution in [0.3, 0.4) is 0 Å². The fourth-order valence-electron chi connectivity index (χ4n) is 1.18. The molecule has 0 aliphatic rings. The van der Waals surface area contributed by atoms with E-state index in [1.807, 2.05) is 6.92 Å². The van der Waals surface area contributed by atoms with Crippen LogP contribution in [-0.2, 0) is 9.59 Å². The van der Waals surface area contributed by atoms with Crippen LogP contribution in [0.4, 0.5) is 4.79 Å². The Morgan fingerprint density at radius 3 is 2.39 bits per heavy atom. The lowest BCUT2D eigenvalue weighted by Gasteiger charge is -2.17. The van der Waals surface area contributed by atoms with Crippen LogP contribution in [-0.4, -0.2) is 54.6 Å². The first-order chi connectivity index (χ1) is 8.47. The quantitative estimate of drug-likeness (QED) is 0.535. The fraction of sp³-hybridized carbons (Fsp3) is 0.727. The molecule has 0 aromatic carbocycles. The Labute approximate surface area is 107 Å². The maximum absolute atomic E-state index is 11.5. The van der Waals surface area contributed by atoms with Gasteiger partial charge in [0, 0.05) is 26.6 Å². The van der Waals surface area contributed by atoms with E-state index in [4.69, 9.17) is 5.11 Å². The Morgan fingerprint density at radius 1 is 1.17 bits per heavy atom. The normalized spacial score (nSPS) is 9.67. The number of nitrogens with zero attached hydrogens (tertiary/aromatic N) is 1. The van der Waals surface area contributed by atoms with Crippen molar-refractivity contribution in [2.75, 3.05) is 26.7 Å². The predicted octanol–water partition coefficient (Wildman–Crippen LogP) is 0.0188. The van der Waals surface area contributed by atoms with E-state index in [1.165, 1.54) is 11.9 Å². The number of urea groups is 1. The zero-order chi connectivity index (χ0) is 14.0. The Morgan fingerprint density at radius 2 is 1.83 bits per heavy atom. The van der Waals surface area contributed by atoms with Crippen LogP contribution in [0.2, 0.25) is 0 Å². The van der Waals surface area contributed by atoms with E-state index in [1.54, 1.807) is 0 Å². The lowest BCUT2D eigenvalue weighted by atomic mass is 10.3. The van der Waals surface area contributed by atoms with Gasteiger partial charge in [-0.2, -0.15) is 0 Å². The van der Waals surface area contributed by atoms with Crippen molar-refractivity contribution in [3.63, 3.8) is 0 Å². The lowest BCUT2D eigenvalue weighted by Crippen LogP contribution is -2.43. The van der Waals surface area contributed by atoms with Crippen LogP contribution in [0, 0.1) is 0 Å². The highest BCUT2D eigenvalue weighted by molar-refractivity contribution is 5.83. The van der Waals surface area contributed by atoms with Crippen molar-refractivity contribution < 1.29 is 19.5 Å². The number of likely N-dealkylation sites (N-methyl/N-ethyl adjacent to an activating group) is 1. The van der Waals surface area contributed by atoms with Crippen molar-refractivity contribution in [2.45, 2.75) is 26.2 Å². The predicted molar refractivity (Wildman–Crippen MR) is 66.2 cm³/mol. The number of carbonyl (C=O) groups excluding carboxylic acids is 2. The summed E-state index contributed by atoms with van der Waals surface area (Å²) in [6.07, 6.45) is 1.23. The molecule has 7 heteroatoms. The number of carbonyl (C=O) groups is 3. The third-order valence-corrected chi connectivity index (χ3v) is 2.14. The number of carboxylic acids is 1. The number of hydrogen-bond donors (Lipinski definition) is 3. The largest absolute Gasteiger partial charge is 0.481 e. The molecule has 0 unspecified atom stereocenters. The Hall–Kier alpha value is -1.79. The van der Waals surface area contributed by atoms with E-state index in [0.29, 0.717) is 13.0 Å². The van der Waals surface area contributed by atoms with Crippen LogP contribution in [0.1, 0.15) is 26.2 Å². The van der Waals surface area contributed by atoms with Gasteiger partial charge >= 0.3 is 12.0 Å². The number of aliphatic carboxylic acids is 1. The highest BCUT2D eigenvalue weighted by Gasteiger charge is 2.11. The van der Waals surface area contributed by atoms with Crippen LogP contribution in [0.5, 0.6) is 0 Å². The second-order valence-electron chi connectivity index (χ2n) is 3.94. The summed E-state index contributed by atoms with van der Waals surface area (Å²) in [5.41, 5.74) is 0. The summed E-state index contributed by atoms with van der Waals surface area (Å²) in [6.45, 7) is 2.81. The Balaban J connectivity index is 3.75. The van der Waals surface area contributed by atoms with E-state index in [0.717, 1.165) is 6.42 Å². The van der Waals surface area contributed by atoms with Crippen molar-refractivity contribution >= 4 is 17.9 Å². The van der Waals surface area contributed by atoms with Crippen LogP contribution < -0.4 is 10.6 Å². The standard InChI is InChI=1S/C11H21N3O4/c1-3-6-12-9(15)8-14(2)11(18)13-7-4-5-10(16)17/h3-8H2,1-2H3,(H,12,15)(H,13,18)(H,16,17). The summed E-state index contributed by atoms with van der Waals surface area (Å²) in [7, 11) is 1.51. The molecule has 0 saturated carbocycles. The smallest absolute Gasteiger partial charge is 0.317 e. The van der Waals surface area contributed by atoms with E-state index in [-0.39, 0.29) is 31.4 Å². The molecule has 3 N–H and O–H groups in total. The number of nitrogens with one attached hydrogen (secondary N) is 2. The summed E-state index contributed by atoms with van der Waals surface area (Å²) in [5, 5.41) is 13.6. The third-order valence-electron chi connectivity index (χ3n) is 2.14. The second-order valence-corrected chi connectivity index (χ2v) is 3.94. The van der Waals surface area contributed by atoms with Gasteiger partial charge in [-0.15, -0.1) is 0 Å². The van der Waals surface area contributed by atoms with Gasteiger partial charge in [-0.1, -0.05) is 6.92 Å². The molecule has 0 aromatic rings. The molecular weight excluding hydrogens is 238 g/mol. The Bertz CT molecular complexity index is 294. The first-order valence-corrected chi connectivity index (χ1v) is 5.94. The zero-order valence-corrected chi connectivity index (χ0v) is 10.9. The van der Waals surface area contributed by atoms with Gasteiger partial charge in [-0.25, -0.2) is 4.79 Å². The summed E-state index contributed by atoms with van der Waals surface area (Å²) in [5.74, 6) is -1.10. The molecule has 0 aromatic heterocycles. The molecule has 3 amide bonds. The minimum atomic E-state index is -0.892. The van der Waals surface area contributed by atoms with E-state index < -0.39 is 5.97 Å². The summed E-state index contributed by atoms with van der Waals surface area (Å²) < 4.78 is 0. The van der Waals surface area contributed by atoms with Crippen LogP contribution in [0.15, 0.2) is 0 Å². The van der Waals surface area contributed by atoms with Gasteiger partial charge in [-0.05, 0) is 12.8 Å². The minimum absolute atomic E-state index is 0.00916. The topological polar surface area (TPSA) is 98.7 Å². The molecule has 0 aliphatic heterocycles. The molecule has 0 rings (SSSR count). The first-order valence-electron chi connectivity index (χ1n) is 5.94. The molecule has 0 heterocycles. The van der Waals surface area contributed by atoms with Gasteiger partial charge < -0.3 is 20.6 Å². The Kier molecular flexibility index (Phi) is 8.34. The van der Waals surface area contributed by atoms with Crippen molar-refractivity contribution in [2.24, 2.45) is 0 Å². The molecule has 7 nitrogen and oxygen atoms in total. The first kappa shape index (κ1) is 16.2. The molecule has 0 bridgehead atoms. The van der Waals surface area contributed by atoms with Crippen molar-refractivity contribution in [3.8, 4) is 0 Å². The van der Waals surface area contributed by atoms with E-state index in [2.05, 4.69) is 10.6 Å². The highest BCUT2D eigenvalue weighted by Crippen LogP contribution is 1.89. The average Bonchev–Trinajstić information content (AvgIpc) is 2.31. The highest BCUT2D eigenvalue weighted by atomic mass is 16.4. The van der Waals surface area contributed by atoms with Crippen LogP contribution >= 0.6 is 0 Å². The molecule has 0 saturated heterocycles. The third kappa shape index (κ3) is 8.37. The van der Waals surface area contributed by atoms with Gasteiger partial charge in [0.25, 0.3) is 0 Å². The zero-order valence-electron chi connectivity index (χ0n) is 10.9.